The predicted octanol–water partition coefficient (Wildman–Crippen LogP) is 2.18. The van der Waals surface area contributed by atoms with Gasteiger partial charge in [-0.05, 0) is 12.1 Å². The third-order valence-electron chi connectivity index (χ3n) is 2.16. The lowest BCUT2D eigenvalue weighted by Crippen LogP contribution is -2.22. The Hall–Kier alpha value is -1.16. The zero-order chi connectivity index (χ0) is 9.97. The smallest absolute Gasteiger partial charge is 0.160 e. The molecule has 2 rings (SSSR count). The Morgan fingerprint density at radius 3 is 3.00 bits per heavy atom. The molecule has 1 aromatic carbocycles. The first kappa shape index (κ1) is 9.40. The molecule has 0 unspecified atom stereocenters. The lowest BCUT2D eigenvalue weighted by atomic mass is 10.3. The summed E-state index contributed by atoms with van der Waals surface area (Å²) in [5, 5.41) is 8.34. The van der Waals surface area contributed by atoms with Crippen molar-refractivity contribution in [3.63, 3.8) is 0 Å². The number of thioether (sulfide) groups is 1. The van der Waals surface area contributed by atoms with Crippen LogP contribution in [-0.2, 0) is 0 Å². The number of amidine groups is 1. The molecule has 0 radical (unpaired) electrons. The SMILES string of the molecule is COc1cccc(N2CCSC2=N)c1. The minimum absolute atomic E-state index is 0.623. The van der Waals surface area contributed by atoms with Crippen LogP contribution in [0.3, 0.4) is 0 Å². The number of rotatable bonds is 2. The van der Waals surface area contributed by atoms with E-state index in [1.165, 1.54) is 0 Å². The van der Waals surface area contributed by atoms with Gasteiger partial charge < -0.3 is 9.64 Å². The van der Waals surface area contributed by atoms with E-state index in [2.05, 4.69) is 0 Å². The molecule has 0 bridgehead atoms. The van der Waals surface area contributed by atoms with E-state index in [1.807, 2.05) is 29.2 Å². The largest absolute Gasteiger partial charge is 0.497 e. The van der Waals surface area contributed by atoms with Crippen molar-refractivity contribution in [3.8, 4) is 5.75 Å². The van der Waals surface area contributed by atoms with E-state index in [9.17, 15) is 0 Å². The first-order chi connectivity index (χ1) is 6.81. The second-order valence-electron chi connectivity index (χ2n) is 3.01. The van der Waals surface area contributed by atoms with E-state index in [1.54, 1.807) is 18.9 Å². The lowest BCUT2D eigenvalue weighted by Gasteiger charge is -2.17. The Kier molecular flexibility index (Phi) is 2.63. The molecule has 4 heteroatoms. The molecule has 3 nitrogen and oxygen atoms in total. The van der Waals surface area contributed by atoms with Crippen LogP contribution in [0.2, 0.25) is 0 Å². The van der Waals surface area contributed by atoms with Gasteiger partial charge in [-0.3, -0.25) is 5.41 Å². The molecule has 1 aromatic rings. The van der Waals surface area contributed by atoms with Crippen molar-refractivity contribution in [2.24, 2.45) is 0 Å². The fourth-order valence-corrected chi connectivity index (χ4v) is 2.26. The Morgan fingerprint density at radius 2 is 2.36 bits per heavy atom. The molecule has 1 aliphatic rings. The Balaban J connectivity index is 2.26. The van der Waals surface area contributed by atoms with Crippen molar-refractivity contribution in [3.05, 3.63) is 24.3 Å². The van der Waals surface area contributed by atoms with Gasteiger partial charge in [0.2, 0.25) is 0 Å². The number of ether oxygens (including phenoxy) is 1. The van der Waals surface area contributed by atoms with E-state index in [-0.39, 0.29) is 0 Å². The fourth-order valence-electron chi connectivity index (χ4n) is 1.44. The summed E-state index contributed by atoms with van der Waals surface area (Å²) in [5.74, 6) is 1.84. The maximum atomic E-state index is 7.72. The van der Waals surface area contributed by atoms with Crippen molar-refractivity contribution >= 4 is 22.6 Å². The van der Waals surface area contributed by atoms with Crippen LogP contribution in [0.1, 0.15) is 0 Å². The second kappa shape index (κ2) is 3.92. The third kappa shape index (κ3) is 1.70. The van der Waals surface area contributed by atoms with Gasteiger partial charge in [-0.1, -0.05) is 17.8 Å². The molecule has 0 aliphatic carbocycles. The molecule has 1 N–H and O–H groups in total. The molecule has 0 amide bonds. The van der Waals surface area contributed by atoms with Crippen molar-refractivity contribution in [1.82, 2.24) is 0 Å². The normalized spacial score (nSPS) is 16.1. The quantitative estimate of drug-likeness (QED) is 0.809. The molecule has 1 saturated heterocycles. The van der Waals surface area contributed by atoms with Crippen LogP contribution in [-0.4, -0.2) is 24.6 Å². The van der Waals surface area contributed by atoms with Gasteiger partial charge >= 0.3 is 0 Å². The summed E-state index contributed by atoms with van der Waals surface area (Å²) < 4.78 is 5.15. The summed E-state index contributed by atoms with van der Waals surface area (Å²) in [6.45, 7) is 0.913. The Morgan fingerprint density at radius 1 is 1.50 bits per heavy atom. The zero-order valence-corrected chi connectivity index (χ0v) is 8.80. The number of benzene rings is 1. The third-order valence-corrected chi connectivity index (χ3v) is 3.04. The number of hydrogen-bond donors (Lipinski definition) is 1. The lowest BCUT2D eigenvalue weighted by molar-refractivity contribution is 0.415. The summed E-state index contributed by atoms with van der Waals surface area (Å²) in [5.41, 5.74) is 1.04. The van der Waals surface area contributed by atoms with E-state index in [4.69, 9.17) is 10.1 Å². The Labute approximate surface area is 87.6 Å². The van der Waals surface area contributed by atoms with Crippen LogP contribution < -0.4 is 9.64 Å². The number of nitrogens with zero attached hydrogens (tertiary/aromatic N) is 1. The fraction of sp³-hybridized carbons (Fsp3) is 0.300. The van der Waals surface area contributed by atoms with Gasteiger partial charge in [0.05, 0.1) is 7.11 Å². The van der Waals surface area contributed by atoms with Crippen LogP contribution >= 0.6 is 11.8 Å². The highest BCUT2D eigenvalue weighted by molar-refractivity contribution is 8.14. The number of nitrogens with one attached hydrogen (secondary N) is 1. The van der Waals surface area contributed by atoms with E-state index in [0.29, 0.717) is 5.17 Å². The molecule has 0 aromatic heterocycles. The van der Waals surface area contributed by atoms with Crippen LogP contribution in [0, 0.1) is 5.41 Å². The summed E-state index contributed by atoms with van der Waals surface area (Å²) in [7, 11) is 1.66. The number of hydrogen-bond acceptors (Lipinski definition) is 3. The second-order valence-corrected chi connectivity index (χ2v) is 4.09. The van der Waals surface area contributed by atoms with Crippen molar-refractivity contribution in [2.45, 2.75) is 0 Å². The molecule has 0 spiro atoms. The van der Waals surface area contributed by atoms with Crippen LogP contribution in [0.15, 0.2) is 24.3 Å². The van der Waals surface area contributed by atoms with Crippen molar-refractivity contribution in [2.75, 3.05) is 24.3 Å². The molecule has 1 fully saturated rings. The highest BCUT2D eigenvalue weighted by atomic mass is 32.2. The maximum Gasteiger partial charge on any atom is 0.160 e. The predicted molar refractivity (Wildman–Crippen MR) is 60.5 cm³/mol. The first-order valence-corrected chi connectivity index (χ1v) is 5.43. The summed E-state index contributed by atoms with van der Waals surface area (Å²) in [6, 6.07) is 7.82. The van der Waals surface area contributed by atoms with E-state index < -0.39 is 0 Å². The number of methoxy groups -OCH3 is 1. The molecule has 1 heterocycles. The summed E-state index contributed by atoms with van der Waals surface area (Å²) >= 11 is 1.58. The molecule has 1 aliphatic heterocycles. The monoisotopic (exact) mass is 208 g/mol. The topological polar surface area (TPSA) is 36.3 Å². The van der Waals surface area contributed by atoms with Crippen molar-refractivity contribution in [1.29, 1.82) is 5.41 Å². The average Bonchev–Trinajstić information content (AvgIpc) is 2.65. The number of anilines is 1. The highest BCUT2D eigenvalue weighted by Gasteiger charge is 2.19. The van der Waals surface area contributed by atoms with Gasteiger partial charge in [-0.2, -0.15) is 0 Å². The van der Waals surface area contributed by atoms with Crippen molar-refractivity contribution < 1.29 is 4.74 Å². The highest BCUT2D eigenvalue weighted by Crippen LogP contribution is 2.27. The van der Waals surface area contributed by atoms with E-state index in [0.717, 1.165) is 23.7 Å². The molecular weight excluding hydrogens is 196 g/mol. The van der Waals surface area contributed by atoms with Crippen LogP contribution in [0.5, 0.6) is 5.75 Å². The van der Waals surface area contributed by atoms with E-state index >= 15 is 0 Å². The standard InChI is InChI=1S/C10H12N2OS/c1-13-9-4-2-3-8(7-9)12-5-6-14-10(12)11/h2-4,7,11H,5-6H2,1H3. The van der Waals surface area contributed by atoms with Crippen LogP contribution in [0.4, 0.5) is 5.69 Å². The minimum atomic E-state index is 0.623. The summed E-state index contributed by atoms with van der Waals surface area (Å²) in [4.78, 5) is 1.99. The van der Waals surface area contributed by atoms with Gasteiger partial charge in [0, 0.05) is 24.1 Å². The minimum Gasteiger partial charge on any atom is -0.497 e. The maximum absolute atomic E-state index is 7.72. The van der Waals surface area contributed by atoms with Gasteiger partial charge in [0.25, 0.3) is 0 Å². The van der Waals surface area contributed by atoms with Gasteiger partial charge in [-0.15, -0.1) is 0 Å². The zero-order valence-electron chi connectivity index (χ0n) is 7.99. The molecule has 14 heavy (non-hydrogen) atoms. The van der Waals surface area contributed by atoms with Gasteiger partial charge in [0.15, 0.2) is 5.17 Å². The average molecular weight is 208 g/mol. The molecule has 0 atom stereocenters. The Bertz CT molecular complexity index is 354. The van der Waals surface area contributed by atoms with Gasteiger partial charge in [0.1, 0.15) is 5.75 Å². The molecule has 74 valence electrons. The molecule has 0 saturated carbocycles. The summed E-state index contributed by atoms with van der Waals surface area (Å²) in [6.07, 6.45) is 0. The first-order valence-electron chi connectivity index (χ1n) is 4.44. The van der Waals surface area contributed by atoms with Gasteiger partial charge in [-0.25, -0.2) is 0 Å². The molecular formula is C10H12N2OS. The van der Waals surface area contributed by atoms with Crippen LogP contribution in [0.25, 0.3) is 0 Å².